The normalized spacial score (nSPS) is 8.29. The van der Waals surface area contributed by atoms with E-state index >= 15 is 0 Å². The van der Waals surface area contributed by atoms with E-state index in [1.807, 2.05) is 30.3 Å². The molecule has 0 saturated heterocycles. The number of rotatable bonds is 1. The molecule has 66 valence electrons. The van der Waals surface area contributed by atoms with Gasteiger partial charge in [-0.05, 0) is 5.56 Å². The molecular weight excluding hydrogens is 248 g/mol. The van der Waals surface area contributed by atoms with Crippen LogP contribution in [0.25, 0.3) is 11.1 Å². The van der Waals surface area contributed by atoms with Gasteiger partial charge in [-0.2, -0.15) is 30.3 Å². The van der Waals surface area contributed by atoms with Crippen LogP contribution in [0.4, 0.5) is 0 Å². The summed E-state index contributed by atoms with van der Waals surface area (Å²) in [5.74, 6) is 0. The third-order valence-electron chi connectivity index (χ3n) is 1.83. The van der Waals surface area contributed by atoms with Crippen LogP contribution in [-0.4, -0.2) is 23.1 Å². The summed E-state index contributed by atoms with van der Waals surface area (Å²) in [4.78, 5) is 0. The van der Waals surface area contributed by atoms with E-state index in [1.54, 1.807) is 0 Å². The first kappa shape index (κ1) is 13.7. The molecule has 0 nitrogen and oxygen atoms in total. The van der Waals surface area contributed by atoms with Gasteiger partial charge in [0.2, 0.25) is 0 Å². The summed E-state index contributed by atoms with van der Waals surface area (Å²) in [6, 6.07) is 21.3. The van der Waals surface area contributed by atoms with Crippen LogP contribution < -0.4 is 17.0 Å². The number of benzene rings is 2. The molecule has 0 N–H and O–H groups in total. The average Bonchev–Trinajstić information content (AvgIpc) is 2.21. The number of hydrogen-bond donors (Lipinski definition) is 0. The van der Waals surface area contributed by atoms with Gasteiger partial charge >= 0.3 is 23.1 Å². The Morgan fingerprint density at radius 3 is 1.79 bits per heavy atom. The Hall–Kier alpha value is -0.314. The molecule has 0 atom stereocenters. The second-order valence-electron chi connectivity index (χ2n) is 2.65. The van der Waals surface area contributed by atoms with Crippen LogP contribution in [0.3, 0.4) is 0 Å². The smallest absolute Gasteiger partial charge is 1.00 e. The summed E-state index contributed by atoms with van der Waals surface area (Å²) in [5.41, 5.74) is 2.50. The van der Waals surface area contributed by atoms with E-state index in [2.05, 4.69) is 30.3 Å². The van der Waals surface area contributed by atoms with Gasteiger partial charge in [0, 0.05) is 0 Å². The number of halogens is 1. The van der Waals surface area contributed by atoms with Gasteiger partial charge in [-0.3, -0.25) is 0 Å². The van der Waals surface area contributed by atoms with E-state index < -0.39 is 0 Å². The van der Waals surface area contributed by atoms with Crippen LogP contribution in [0.1, 0.15) is 0 Å². The molecule has 0 aliphatic carbocycles. The SMILES string of the molecule is [Br-].[Mg+2].[c-]1ccc(-c2ccccc2)cc1. The van der Waals surface area contributed by atoms with Crippen molar-refractivity contribution in [3.05, 3.63) is 60.7 Å². The Labute approximate surface area is 111 Å². The van der Waals surface area contributed by atoms with Crippen LogP contribution in [0, 0.1) is 6.07 Å². The van der Waals surface area contributed by atoms with E-state index in [4.69, 9.17) is 0 Å². The van der Waals surface area contributed by atoms with Crippen molar-refractivity contribution in [3.8, 4) is 11.1 Å². The molecule has 0 heterocycles. The molecule has 14 heavy (non-hydrogen) atoms. The average molecular weight is 257 g/mol. The van der Waals surface area contributed by atoms with Crippen molar-refractivity contribution in [3.63, 3.8) is 0 Å². The molecule has 0 unspecified atom stereocenters. The van der Waals surface area contributed by atoms with E-state index in [0.717, 1.165) is 0 Å². The molecule has 0 aliphatic rings. The van der Waals surface area contributed by atoms with E-state index in [0.29, 0.717) is 0 Å². The maximum atomic E-state index is 3.00. The van der Waals surface area contributed by atoms with Crippen molar-refractivity contribution in [1.29, 1.82) is 0 Å². The van der Waals surface area contributed by atoms with Gasteiger partial charge in [0.25, 0.3) is 0 Å². The zero-order valence-corrected chi connectivity index (χ0v) is 10.8. The molecule has 0 radical (unpaired) electrons. The van der Waals surface area contributed by atoms with Crippen molar-refractivity contribution in [2.24, 2.45) is 0 Å². The molecule has 0 fully saturated rings. The van der Waals surface area contributed by atoms with Gasteiger partial charge in [0.15, 0.2) is 0 Å². The van der Waals surface area contributed by atoms with Crippen LogP contribution in [-0.2, 0) is 0 Å². The Kier molecular flexibility index (Phi) is 6.88. The fraction of sp³-hybridized carbons (Fsp3) is 0. The molecule has 2 aromatic rings. The maximum Gasteiger partial charge on any atom is 2.00 e. The molecule has 2 rings (SSSR count). The van der Waals surface area contributed by atoms with Gasteiger partial charge < -0.3 is 17.0 Å². The molecule has 2 aromatic carbocycles. The molecule has 0 aromatic heterocycles. The van der Waals surface area contributed by atoms with E-state index in [-0.39, 0.29) is 40.0 Å². The predicted molar refractivity (Wildman–Crippen MR) is 56.5 cm³/mol. The summed E-state index contributed by atoms with van der Waals surface area (Å²) in [7, 11) is 0. The van der Waals surface area contributed by atoms with Crippen molar-refractivity contribution < 1.29 is 17.0 Å². The van der Waals surface area contributed by atoms with Gasteiger partial charge in [0.1, 0.15) is 0 Å². The fourth-order valence-electron chi connectivity index (χ4n) is 1.21. The first-order chi connectivity index (χ1) is 5.97. The van der Waals surface area contributed by atoms with Crippen molar-refractivity contribution in [2.75, 3.05) is 0 Å². The standard InChI is InChI=1S/C12H9.BrH.Mg/c1-3-7-11(8-4-1)12-9-5-2-6-10-12;;/h1,3-10H;1H;/q-1;;+2/p-1. The Bertz CT molecular complexity index is 308. The molecule has 0 spiro atoms. The van der Waals surface area contributed by atoms with Gasteiger partial charge in [-0.15, -0.1) is 5.56 Å². The van der Waals surface area contributed by atoms with Crippen molar-refractivity contribution in [1.82, 2.24) is 0 Å². The topological polar surface area (TPSA) is 0 Å². The van der Waals surface area contributed by atoms with Crippen LogP contribution in [0.5, 0.6) is 0 Å². The monoisotopic (exact) mass is 256 g/mol. The first-order valence-electron chi connectivity index (χ1n) is 3.98. The third kappa shape index (κ3) is 3.44. The minimum Gasteiger partial charge on any atom is -1.00 e. The quantitative estimate of drug-likeness (QED) is 0.489. The molecule has 0 aliphatic heterocycles. The molecule has 0 bridgehead atoms. The van der Waals surface area contributed by atoms with Crippen molar-refractivity contribution in [2.45, 2.75) is 0 Å². The minimum atomic E-state index is 0. The zero-order chi connectivity index (χ0) is 8.23. The molecule has 0 saturated carbocycles. The fourth-order valence-corrected chi connectivity index (χ4v) is 1.21. The summed E-state index contributed by atoms with van der Waals surface area (Å²) in [6.07, 6.45) is 0. The zero-order valence-electron chi connectivity index (χ0n) is 7.78. The molecule has 2 heteroatoms. The Balaban J connectivity index is 0.000000845. The van der Waals surface area contributed by atoms with Crippen LogP contribution in [0.2, 0.25) is 0 Å². The Morgan fingerprint density at radius 2 is 1.21 bits per heavy atom. The predicted octanol–water partition coefficient (Wildman–Crippen LogP) is -0.223. The molecular formula is C12H9BrMg. The largest absolute Gasteiger partial charge is 2.00 e. The summed E-state index contributed by atoms with van der Waals surface area (Å²) < 4.78 is 0. The summed E-state index contributed by atoms with van der Waals surface area (Å²) in [5, 5.41) is 0. The second kappa shape index (κ2) is 7.04. The second-order valence-corrected chi connectivity index (χ2v) is 2.65. The van der Waals surface area contributed by atoms with E-state index in [1.165, 1.54) is 11.1 Å². The Morgan fingerprint density at radius 1 is 0.714 bits per heavy atom. The van der Waals surface area contributed by atoms with Gasteiger partial charge in [-0.25, -0.2) is 0 Å². The van der Waals surface area contributed by atoms with E-state index in [9.17, 15) is 0 Å². The third-order valence-corrected chi connectivity index (χ3v) is 1.83. The van der Waals surface area contributed by atoms with Crippen LogP contribution in [0.15, 0.2) is 54.6 Å². The van der Waals surface area contributed by atoms with Gasteiger partial charge in [-0.1, -0.05) is 30.3 Å². The number of hydrogen-bond acceptors (Lipinski definition) is 0. The minimum absolute atomic E-state index is 0. The summed E-state index contributed by atoms with van der Waals surface area (Å²) in [6.45, 7) is 0. The molecule has 0 amide bonds. The van der Waals surface area contributed by atoms with Gasteiger partial charge in [0.05, 0.1) is 0 Å². The first-order valence-corrected chi connectivity index (χ1v) is 3.98. The van der Waals surface area contributed by atoms with Crippen molar-refractivity contribution >= 4 is 23.1 Å². The maximum absolute atomic E-state index is 3.00. The summed E-state index contributed by atoms with van der Waals surface area (Å²) >= 11 is 0. The van der Waals surface area contributed by atoms with Crippen LogP contribution >= 0.6 is 0 Å².